The van der Waals surface area contributed by atoms with Gasteiger partial charge in [-0.25, -0.2) is 0 Å². The first-order valence-electron chi connectivity index (χ1n) is 15.1. The van der Waals surface area contributed by atoms with Gasteiger partial charge in [0, 0.05) is 0 Å². The summed E-state index contributed by atoms with van der Waals surface area (Å²) in [6.45, 7) is 4.40. The van der Waals surface area contributed by atoms with Crippen LogP contribution in [0.2, 0.25) is 0 Å². The van der Waals surface area contributed by atoms with Crippen molar-refractivity contribution in [3.63, 3.8) is 0 Å². The first kappa shape index (κ1) is 30.6. The highest BCUT2D eigenvalue weighted by atomic mass is 16.6. The minimum absolute atomic E-state index is 0.131. The molecule has 0 aromatic carbocycles. The molecular formula is C30H53NO5. The minimum Gasteiger partial charge on any atom is -0.481 e. The number of hydrogen-bond donors (Lipinski definition) is 2. The largest absolute Gasteiger partial charge is 0.481 e. The third-order valence-corrected chi connectivity index (χ3v) is 8.99. The number of carboxylic acid groups (broad SMARTS) is 1. The van der Waals surface area contributed by atoms with Gasteiger partial charge in [-0.2, -0.15) is 0 Å². The van der Waals surface area contributed by atoms with Crippen LogP contribution in [0.3, 0.4) is 0 Å². The fourth-order valence-corrected chi connectivity index (χ4v) is 6.79. The molecule has 6 heteroatoms. The number of rotatable bonds is 20. The van der Waals surface area contributed by atoms with Crippen LogP contribution in [-0.4, -0.2) is 29.1 Å². The Morgan fingerprint density at radius 2 is 1.53 bits per heavy atom. The molecule has 5 atom stereocenters. The van der Waals surface area contributed by atoms with Crippen LogP contribution in [0.25, 0.3) is 0 Å². The molecule has 0 aromatic heterocycles. The summed E-state index contributed by atoms with van der Waals surface area (Å²) in [6, 6.07) is 0. The molecule has 1 amide bonds. The van der Waals surface area contributed by atoms with Crippen LogP contribution in [0, 0.1) is 23.2 Å². The lowest BCUT2D eigenvalue weighted by molar-refractivity contribution is -0.191. The summed E-state index contributed by atoms with van der Waals surface area (Å²) in [4.78, 5) is 37.6. The molecule has 0 spiro atoms. The average Bonchev–Trinajstić information content (AvgIpc) is 2.85. The second-order valence-electron chi connectivity index (χ2n) is 11.5. The Bertz CT molecular complexity index is 680. The molecule has 0 aromatic rings. The summed E-state index contributed by atoms with van der Waals surface area (Å²) < 4.78 is 5.59. The van der Waals surface area contributed by atoms with Gasteiger partial charge in [0.25, 0.3) is 0 Å². The maximum absolute atomic E-state index is 12.9. The number of aliphatic carboxylic acids is 1. The fraction of sp³-hybridized carbons (Fsp3) is 0.900. The Labute approximate surface area is 219 Å². The van der Waals surface area contributed by atoms with E-state index in [4.69, 9.17) is 10.5 Å². The third kappa shape index (κ3) is 8.48. The molecule has 1 aliphatic heterocycles. The Hall–Kier alpha value is -1.59. The van der Waals surface area contributed by atoms with Crippen molar-refractivity contribution in [2.24, 2.45) is 28.9 Å². The molecular weight excluding hydrogens is 454 g/mol. The van der Waals surface area contributed by atoms with Gasteiger partial charge in [-0.1, -0.05) is 110 Å². The number of cyclic esters (lactones) is 1. The molecule has 2 rings (SSSR count). The van der Waals surface area contributed by atoms with Crippen molar-refractivity contribution in [2.75, 3.05) is 0 Å². The molecule has 6 nitrogen and oxygen atoms in total. The standard InChI is InChI=1S/C30H53NO5/c1-3-5-7-9-10-11-12-13-14-18-23(22-26-24(28(33)36-26)19-15-8-6-4-2)30(29(34)35)21-17-16-20-25(30)27(31)32/h23-26H,3-22H2,1-2H3,(H2,31,32)(H,34,35)/t23?,24-,25?,26-,30-/m0/s1. The van der Waals surface area contributed by atoms with Gasteiger partial charge >= 0.3 is 11.9 Å². The summed E-state index contributed by atoms with van der Waals surface area (Å²) in [6.07, 6.45) is 19.8. The summed E-state index contributed by atoms with van der Waals surface area (Å²) in [5.41, 5.74) is 4.66. The van der Waals surface area contributed by atoms with E-state index in [0.717, 1.165) is 70.6 Å². The van der Waals surface area contributed by atoms with Crippen molar-refractivity contribution in [1.82, 2.24) is 0 Å². The maximum atomic E-state index is 12.9. The third-order valence-electron chi connectivity index (χ3n) is 8.99. The lowest BCUT2D eigenvalue weighted by Crippen LogP contribution is -2.54. The highest BCUT2D eigenvalue weighted by molar-refractivity contribution is 5.87. The monoisotopic (exact) mass is 507 g/mol. The summed E-state index contributed by atoms with van der Waals surface area (Å²) in [5, 5.41) is 10.5. The number of unbranched alkanes of at least 4 members (excludes halogenated alkanes) is 11. The average molecular weight is 508 g/mol. The van der Waals surface area contributed by atoms with Gasteiger partial charge in [0.05, 0.1) is 17.3 Å². The molecule has 1 saturated carbocycles. The lowest BCUT2D eigenvalue weighted by Gasteiger charge is -2.47. The molecule has 208 valence electrons. The molecule has 2 aliphatic rings. The van der Waals surface area contributed by atoms with E-state index in [-0.39, 0.29) is 23.9 Å². The smallest absolute Gasteiger partial charge is 0.313 e. The van der Waals surface area contributed by atoms with E-state index in [9.17, 15) is 19.5 Å². The summed E-state index contributed by atoms with van der Waals surface area (Å²) >= 11 is 0. The van der Waals surface area contributed by atoms with Crippen LogP contribution in [0.15, 0.2) is 0 Å². The van der Waals surface area contributed by atoms with Gasteiger partial charge in [-0.15, -0.1) is 0 Å². The lowest BCUT2D eigenvalue weighted by atomic mass is 9.56. The number of primary amides is 1. The van der Waals surface area contributed by atoms with E-state index in [2.05, 4.69) is 13.8 Å². The molecule has 1 heterocycles. The van der Waals surface area contributed by atoms with Gasteiger partial charge in [0.2, 0.25) is 5.91 Å². The predicted octanol–water partition coefficient (Wildman–Crippen LogP) is 7.17. The van der Waals surface area contributed by atoms with Gasteiger partial charge in [-0.3, -0.25) is 14.4 Å². The van der Waals surface area contributed by atoms with Crippen LogP contribution >= 0.6 is 0 Å². The number of carboxylic acids is 1. The summed E-state index contributed by atoms with van der Waals surface area (Å²) in [5.74, 6) is -2.50. The highest BCUT2D eigenvalue weighted by Gasteiger charge is 2.56. The predicted molar refractivity (Wildman–Crippen MR) is 143 cm³/mol. The zero-order valence-corrected chi connectivity index (χ0v) is 23.1. The number of ether oxygens (including phenoxy) is 1. The summed E-state index contributed by atoms with van der Waals surface area (Å²) in [7, 11) is 0. The van der Waals surface area contributed by atoms with Crippen LogP contribution in [-0.2, 0) is 19.1 Å². The van der Waals surface area contributed by atoms with Crippen molar-refractivity contribution in [1.29, 1.82) is 0 Å². The van der Waals surface area contributed by atoms with E-state index in [1.54, 1.807) is 0 Å². The molecule has 2 unspecified atom stereocenters. The number of esters is 1. The van der Waals surface area contributed by atoms with Crippen molar-refractivity contribution in [3.8, 4) is 0 Å². The number of carbonyl (C=O) groups is 3. The number of carbonyl (C=O) groups excluding carboxylic acids is 2. The number of amides is 1. The van der Waals surface area contributed by atoms with E-state index in [1.165, 1.54) is 38.5 Å². The van der Waals surface area contributed by atoms with Crippen LogP contribution in [0.5, 0.6) is 0 Å². The zero-order valence-electron chi connectivity index (χ0n) is 23.1. The SMILES string of the molecule is CCCCCCCCCCCC(C[C@@H]1OC(=O)[C@H]1CCCCCC)[C@@]1(C(=O)O)CCCCC1C(N)=O. The van der Waals surface area contributed by atoms with Crippen molar-refractivity contribution in [2.45, 2.75) is 148 Å². The maximum Gasteiger partial charge on any atom is 0.313 e. The Morgan fingerprint density at radius 3 is 2.08 bits per heavy atom. The molecule has 0 radical (unpaired) electrons. The van der Waals surface area contributed by atoms with E-state index in [1.807, 2.05) is 0 Å². The van der Waals surface area contributed by atoms with Crippen molar-refractivity contribution in [3.05, 3.63) is 0 Å². The molecule has 36 heavy (non-hydrogen) atoms. The normalized spacial score (nSPS) is 26.7. The van der Waals surface area contributed by atoms with Crippen LogP contribution in [0.4, 0.5) is 0 Å². The Balaban J connectivity index is 2.05. The highest BCUT2D eigenvalue weighted by Crippen LogP contribution is 2.52. The van der Waals surface area contributed by atoms with Gasteiger partial charge in [-0.05, 0) is 38.0 Å². The molecule has 3 N–H and O–H groups in total. The molecule has 1 aliphatic carbocycles. The fourth-order valence-electron chi connectivity index (χ4n) is 6.79. The van der Waals surface area contributed by atoms with E-state index < -0.39 is 23.2 Å². The first-order valence-corrected chi connectivity index (χ1v) is 15.1. The van der Waals surface area contributed by atoms with E-state index in [0.29, 0.717) is 19.3 Å². The topological polar surface area (TPSA) is 107 Å². The van der Waals surface area contributed by atoms with Gasteiger partial charge < -0.3 is 15.6 Å². The van der Waals surface area contributed by atoms with Gasteiger partial charge in [0.1, 0.15) is 6.10 Å². The molecule has 1 saturated heterocycles. The number of hydrogen-bond acceptors (Lipinski definition) is 4. The second-order valence-corrected chi connectivity index (χ2v) is 11.5. The van der Waals surface area contributed by atoms with E-state index >= 15 is 0 Å². The molecule has 2 fully saturated rings. The minimum atomic E-state index is -1.14. The van der Waals surface area contributed by atoms with Crippen LogP contribution in [0.1, 0.15) is 142 Å². The van der Waals surface area contributed by atoms with Crippen molar-refractivity contribution >= 4 is 17.8 Å². The molecule has 0 bridgehead atoms. The first-order chi connectivity index (χ1) is 17.4. The second kappa shape index (κ2) is 16.3. The van der Waals surface area contributed by atoms with Crippen molar-refractivity contribution < 1.29 is 24.2 Å². The van der Waals surface area contributed by atoms with Gasteiger partial charge in [0.15, 0.2) is 0 Å². The zero-order chi connectivity index (χ0) is 26.4. The number of nitrogens with two attached hydrogens (primary N) is 1. The quantitative estimate of drug-likeness (QED) is 0.134. The van der Waals surface area contributed by atoms with Crippen LogP contribution < -0.4 is 5.73 Å². The Morgan fingerprint density at radius 1 is 0.944 bits per heavy atom. The Kier molecular flexibility index (Phi) is 13.9.